The van der Waals surface area contributed by atoms with E-state index in [0.717, 1.165) is 4.90 Å². The predicted molar refractivity (Wildman–Crippen MR) is 103 cm³/mol. The first-order valence-corrected chi connectivity index (χ1v) is 9.46. The number of amides is 4. The normalized spacial score (nSPS) is 19.1. The van der Waals surface area contributed by atoms with Crippen LogP contribution in [0, 0.1) is 5.92 Å². The summed E-state index contributed by atoms with van der Waals surface area (Å²) in [6.45, 7) is 5.25. The van der Waals surface area contributed by atoms with E-state index in [-0.39, 0.29) is 24.3 Å². The van der Waals surface area contributed by atoms with E-state index in [1.54, 1.807) is 17.2 Å². The molecule has 0 saturated carbocycles. The predicted octanol–water partition coefficient (Wildman–Crippen LogP) is 0.0640. The number of likely N-dealkylation sites (N-methyl/N-ethyl adjacent to an activating group) is 1. The van der Waals surface area contributed by atoms with Crippen LogP contribution in [0.25, 0.3) is 0 Å². The van der Waals surface area contributed by atoms with Crippen molar-refractivity contribution in [2.75, 3.05) is 43.9 Å². The van der Waals surface area contributed by atoms with Crippen LogP contribution in [0.2, 0.25) is 0 Å². The lowest BCUT2D eigenvalue weighted by atomic mass is 9.85. The maximum Gasteiger partial charge on any atom is 0.328 e. The molecule has 2 aliphatic rings. The van der Waals surface area contributed by atoms with Crippen molar-refractivity contribution in [3.63, 3.8) is 0 Å². The van der Waals surface area contributed by atoms with Crippen LogP contribution in [0.1, 0.15) is 26.7 Å². The molecule has 10 nitrogen and oxygen atoms in total. The zero-order valence-electron chi connectivity index (χ0n) is 16.5. The second-order valence-corrected chi connectivity index (χ2v) is 7.65. The maximum absolute atomic E-state index is 13.2. The minimum absolute atomic E-state index is 0.198. The number of anilines is 2. The van der Waals surface area contributed by atoms with Crippen LogP contribution in [0.5, 0.6) is 0 Å². The number of nitrogens with zero attached hydrogens (tertiary/aromatic N) is 5. The highest BCUT2D eigenvalue weighted by atomic mass is 16.2. The molecule has 4 amide bonds. The second-order valence-electron chi connectivity index (χ2n) is 7.65. The largest absolute Gasteiger partial charge is 0.384 e. The van der Waals surface area contributed by atoms with Crippen LogP contribution < -0.4 is 16.0 Å². The molecule has 2 fully saturated rings. The van der Waals surface area contributed by atoms with Gasteiger partial charge in [-0.1, -0.05) is 13.8 Å². The molecule has 152 valence electrons. The van der Waals surface area contributed by atoms with Crippen LogP contribution in [-0.2, 0) is 9.59 Å². The first-order chi connectivity index (χ1) is 13.3. The van der Waals surface area contributed by atoms with Crippen molar-refractivity contribution in [3.05, 3.63) is 12.3 Å². The number of aromatic nitrogens is 2. The van der Waals surface area contributed by atoms with Crippen LogP contribution in [0.3, 0.4) is 0 Å². The van der Waals surface area contributed by atoms with Crippen molar-refractivity contribution in [1.29, 1.82) is 0 Å². The second kappa shape index (κ2) is 7.61. The summed E-state index contributed by atoms with van der Waals surface area (Å²) in [6, 6.07) is 1.23. The van der Waals surface area contributed by atoms with Gasteiger partial charge < -0.3 is 20.9 Å². The quantitative estimate of drug-likeness (QED) is 0.683. The van der Waals surface area contributed by atoms with Gasteiger partial charge in [0.15, 0.2) is 0 Å². The van der Waals surface area contributed by atoms with E-state index in [1.165, 1.54) is 7.05 Å². The van der Waals surface area contributed by atoms with Gasteiger partial charge in [-0.2, -0.15) is 4.98 Å². The highest BCUT2D eigenvalue weighted by molar-refractivity contribution is 6.09. The smallest absolute Gasteiger partial charge is 0.328 e. The van der Waals surface area contributed by atoms with Gasteiger partial charge in [-0.05, 0) is 24.8 Å². The van der Waals surface area contributed by atoms with Crippen molar-refractivity contribution in [2.45, 2.75) is 32.2 Å². The van der Waals surface area contributed by atoms with E-state index >= 15 is 0 Å². The Hall–Kier alpha value is -2.91. The number of nitrogens with two attached hydrogens (primary N) is 1. The van der Waals surface area contributed by atoms with Crippen LogP contribution >= 0.6 is 0 Å². The summed E-state index contributed by atoms with van der Waals surface area (Å²) < 4.78 is 0. The fourth-order valence-electron chi connectivity index (χ4n) is 3.84. The summed E-state index contributed by atoms with van der Waals surface area (Å²) in [5, 5.41) is 2.47. The Morgan fingerprint density at radius 1 is 1.32 bits per heavy atom. The van der Waals surface area contributed by atoms with E-state index in [1.807, 2.05) is 18.7 Å². The average molecular weight is 389 g/mol. The van der Waals surface area contributed by atoms with Crippen LogP contribution in [-0.4, -0.2) is 76.4 Å². The lowest BCUT2D eigenvalue weighted by molar-refractivity contribution is -0.137. The van der Waals surface area contributed by atoms with Gasteiger partial charge in [0.1, 0.15) is 17.9 Å². The molecule has 0 aliphatic carbocycles. The number of urea groups is 1. The van der Waals surface area contributed by atoms with Gasteiger partial charge in [0.05, 0.1) is 0 Å². The molecule has 3 rings (SSSR count). The van der Waals surface area contributed by atoms with Gasteiger partial charge in [-0.3, -0.25) is 14.5 Å². The lowest BCUT2D eigenvalue weighted by Crippen LogP contribution is -2.57. The van der Waals surface area contributed by atoms with Gasteiger partial charge in [0.25, 0.3) is 5.91 Å². The Labute approximate surface area is 164 Å². The minimum Gasteiger partial charge on any atom is -0.384 e. The highest BCUT2D eigenvalue weighted by Crippen LogP contribution is 2.38. The summed E-state index contributed by atoms with van der Waals surface area (Å²) in [5.41, 5.74) is 4.82. The Morgan fingerprint density at radius 2 is 2.00 bits per heavy atom. The Balaban J connectivity index is 1.84. The topological polar surface area (TPSA) is 125 Å². The zero-order chi connectivity index (χ0) is 20.5. The monoisotopic (exact) mass is 389 g/mol. The molecular weight excluding hydrogens is 362 g/mol. The standard InChI is InChI=1S/C18H27N7O3/c1-12(2)10-25-17(28)24(11-14(26)20-3)15(27)18(25)5-8-23(9-6-18)16-21-7-4-13(19)22-16/h4,7,12H,5-6,8-11H2,1-3H3,(H,20,26)(H2,19,21,22). The number of nitrogen functional groups attached to an aromatic ring is 1. The van der Waals surface area contributed by atoms with E-state index in [2.05, 4.69) is 15.3 Å². The molecule has 1 spiro atoms. The van der Waals surface area contributed by atoms with Crippen molar-refractivity contribution in [3.8, 4) is 0 Å². The molecule has 10 heteroatoms. The SMILES string of the molecule is CNC(=O)CN1C(=O)N(CC(C)C)C2(CCN(c3nccc(N)n3)CC2)C1=O. The van der Waals surface area contributed by atoms with E-state index in [9.17, 15) is 14.4 Å². The number of carbonyl (C=O) groups is 3. The molecule has 0 radical (unpaired) electrons. The first-order valence-electron chi connectivity index (χ1n) is 9.46. The third kappa shape index (κ3) is 3.46. The van der Waals surface area contributed by atoms with Crippen LogP contribution in [0.15, 0.2) is 12.3 Å². The van der Waals surface area contributed by atoms with E-state index in [4.69, 9.17) is 5.73 Å². The Morgan fingerprint density at radius 3 is 2.57 bits per heavy atom. The van der Waals surface area contributed by atoms with Crippen molar-refractivity contribution >= 4 is 29.6 Å². The van der Waals surface area contributed by atoms with Crippen molar-refractivity contribution < 1.29 is 14.4 Å². The molecule has 2 saturated heterocycles. The number of rotatable bonds is 5. The van der Waals surface area contributed by atoms with Gasteiger partial charge in [-0.25, -0.2) is 9.78 Å². The number of nitrogens with one attached hydrogen (secondary N) is 1. The number of carbonyl (C=O) groups excluding carboxylic acids is 3. The summed E-state index contributed by atoms with van der Waals surface area (Å²) >= 11 is 0. The summed E-state index contributed by atoms with van der Waals surface area (Å²) in [4.78, 5) is 51.2. The molecule has 0 atom stereocenters. The zero-order valence-corrected chi connectivity index (χ0v) is 16.5. The Kier molecular flexibility index (Phi) is 5.39. The molecule has 0 unspecified atom stereocenters. The molecule has 2 aliphatic heterocycles. The first kappa shape index (κ1) is 19.8. The summed E-state index contributed by atoms with van der Waals surface area (Å²) in [5.74, 6) is 0.437. The fraction of sp³-hybridized carbons (Fsp3) is 0.611. The summed E-state index contributed by atoms with van der Waals surface area (Å²) in [7, 11) is 1.49. The average Bonchev–Trinajstić information content (AvgIpc) is 2.84. The highest BCUT2D eigenvalue weighted by Gasteiger charge is 2.58. The fourth-order valence-corrected chi connectivity index (χ4v) is 3.84. The minimum atomic E-state index is -0.924. The molecule has 3 heterocycles. The lowest BCUT2D eigenvalue weighted by Gasteiger charge is -2.42. The van der Waals surface area contributed by atoms with E-state index in [0.29, 0.717) is 44.2 Å². The van der Waals surface area contributed by atoms with E-state index < -0.39 is 11.6 Å². The molecule has 1 aromatic heterocycles. The molecule has 0 aromatic carbocycles. The number of hydrogen-bond acceptors (Lipinski definition) is 7. The maximum atomic E-state index is 13.2. The molecule has 28 heavy (non-hydrogen) atoms. The molecule has 1 aromatic rings. The van der Waals surface area contributed by atoms with Crippen LogP contribution in [0.4, 0.5) is 16.6 Å². The number of hydrogen-bond donors (Lipinski definition) is 2. The van der Waals surface area contributed by atoms with Crippen molar-refractivity contribution in [1.82, 2.24) is 25.1 Å². The summed E-state index contributed by atoms with van der Waals surface area (Å²) in [6.07, 6.45) is 2.50. The molecule has 3 N–H and O–H groups in total. The van der Waals surface area contributed by atoms with Gasteiger partial charge in [-0.15, -0.1) is 0 Å². The van der Waals surface area contributed by atoms with Gasteiger partial charge in [0, 0.05) is 32.9 Å². The third-order valence-corrected chi connectivity index (χ3v) is 5.29. The van der Waals surface area contributed by atoms with Crippen molar-refractivity contribution in [2.24, 2.45) is 5.92 Å². The Bertz CT molecular complexity index is 774. The van der Waals surface area contributed by atoms with Gasteiger partial charge >= 0.3 is 6.03 Å². The molecular formula is C18H27N7O3. The number of imide groups is 1. The molecule has 0 bridgehead atoms. The number of piperidine rings is 1. The third-order valence-electron chi connectivity index (χ3n) is 5.29. The van der Waals surface area contributed by atoms with Gasteiger partial charge in [0.2, 0.25) is 11.9 Å².